The number of hydrogen-bond acceptors (Lipinski definition) is 4. The van der Waals surface area contributed by atoms with Gasteiger partial charge in [-0.15, -0.1) is 0 Å². The first-order chi connectivity index (χ1) is 9.07. The van der Waals surface area contributed by atoms with Crippen LogP contribution in [-0.4, -0.2) is 24.4 Å². The van der Waals surface area contributed by atoms with Crippen LogP contribution in [0.15, 0.2) is 48.5 Å². The number of aliphatic hydroxyl groups is 2. The molecule has 4 nitrogen and oxygen atoms in total. The smallest absolute Gasteiger partial charge is 0.217 e. The Morgan fingerprint density at radius 1 is 0.684 bits per heavy atom. The van der Waals surface area contributed by atoms with E-state index in [-0.39, 0.29) is 0 Å². The van der Waals surface area contributed by atoms with Crippen LogP contribution in [0.25, 0.3) is 0 Å². The van der Waals surface area contributed by atoms with Crippen LogP contribution < -0.4 is 9.47 Å². The van der Waals surface area contributed by atoms with E-state index in [0.29, 0.717) is 22.6 Å². The largest absolute Gasteiger partial charge is 0.497 e. The van der Waals surface area contributed by atoms with E-state index in [4.69, 9.17) is 9.47 Å². The lowest BCUT2D eigenvalue weighted by molar-refractivity contribution is -0.132. The summed E-state index contributed by atoms with van der Waals surface area (Å²) in [5, 5.41) is 20.5. The predicted octanol–water partition coefficient (Wildman–Crippen LogP) is 1.89. The van der Waals surface area contributed by atoms with E-state index in [1.54, 1.807) is 62.8 Å². The molecule has 0 saturated carbocycles. The Hall–Kier alpha value is -2.04. The number of methoxy groups -OCH3 is 2. The Morgan fingerprint density at radius 3 is 1.26 bits per heavy atom. The molecule has 19 heavy (non-hydrogen) atoms. The molecule has 0 aliphatic carbocycles. The Morgan fingerprint density at radius 2 is 1.00 bits per heavy atom. The Kier molecular flexibility index (Phi) is 3.74. The topological polar surface area (TPSA) is 58.9 Å². The van der Waals surface area contributed by atoms with E-state index in [0.717, 1.165) is 0 Å². The summed E-state index contributed by atoms with van der Waals surface area (Å²) in [6.07, 6.45) is 0. The summed E-state index contributed by atoms with van der Waals surface area (Å²) in [4.78, 5) is 0. The molecule has 0 aromatic heterocycles. The highest BCUT2D eigenvalue weighted by Crippen LogP contribution is 2.29. The van der Waals surface area contributed by atoms with Crippen molar-refractivity contribution < 1.29 is 19.7 Å². The molecule has 0 atom stereocenters. The van der Waals surface area contributed by atoms with Crippen LogP contribution >= 0.6 is 0 Å². The molecular weight excluding hydrogens is 244 g/mol. The van der Waals surface area contributed by atoms with Crippen molar-refractivity contribution in [2.45, 2.75) is 5.79 Å². The minimum atomic E-state index is -2.04. The van der Waals surface area contributed by atoms with Gasteiger partial charge in [-0.2, -0.15) is 0 Å². The van der Waals surface area contributed by atoms with Gasteiger partial charge in [0.25, 0.3) is 0 Å². The van der Waals surface area contributed by atoms with Crippen molar-refractivity contribution in [3.05, 3.63) is 59.7 Å². The molecular formula is C15H16O4. The van der Waals surface area contributed by atoms with Gasteiger partial charge < -0.3 is 19.7 Å². The molecule has 4 heteroatoms. The standard InChI is InChI=1S/C15H16O4/c1-18-13-7-3-11(4-8-13)15(16,17)12-5-9-14(19-2)10-6-12/h3-10,16-17H,1-2H3. The van der Waals surface area contributed by atoms with E-state index >= 15 is 0 Å². The van der Waals surface area contributed by atoms with E-state index in [1.807, 2.05) is 0 Å². The normalized spacial score (nSPS) is 11.2. The molecule has 2 rings (SSSR count). The number of hydrogen-bond donors (Lipinski definition) is 2. The third kappa shape index (κ3) is 2.70. The predicted molar refractivity (Wildman–Crippen MR) is 71.2 cm³/mol. The summed E-state index contributed by atoms with van der Waals surface area (Å²) in [6, 6.07) is 13.2. The second-order valence-corrected chi connectivity index (χ2v) is 4.13. The van der Waals surface area contributed by atoms with Crippen LogP contribution in [0, 0.1) is 0 Å². The van der Waals surface area contributed by atoms with Crippen molar-refractivity contribution in [1.82, 2.24) is 0 Å². The molecule has 0 radical (unpaired) electrons. The second kappa shape index (κ2) is 5.30. The maximum absolute atomic E-state index is 10.3. The Bertz CT molecular complexity index is 480. The highest BCUT2D eigenvalue weighted by Gasteiger charge is 2.28. The second-order valence-electron chi connectivity index (χ2n) is 4.13. The molecule has 0 heterocycles. The zero-order valence-electron chi connectivity index (χ0n) is 10.8. The van der Waals surface area contributed by atoms with Gasteiger partial charge in [0.2, 0.25) is 5.79 Å². The highest BCUT2D eigenvalue weighted by molar-refractivity contribution is 5.38. The summed E-state index contributed by atoms with van der Waals surface area (Å²) in [6.45, 7) is 0. The monoisotopic (exact) mass is 260 g/mol. The average molecular weight is 260 g/mol. The van der Waals surface area contributed by atoms with E-state index < -0.39 is 5.79 Å². The molecule has 0 saturated heterocycles. The van der Waals surface area contributed by atoms with E-state index in [1.165, 1.54) is 0 Å². The Labute approximate surface area is 111 Å². The molecule has 0 spiro atoms. The van der Waals surface area contributed by atoms with Gasteiger partial charge in [-0.05, 0) is 48.5 Å². The van der Waals surface area contributed by atoms with Crippen molar-refractivity contribution in [2.24, 2.45) is 0 Å². The van der Waals surface area contributed by atoms with E-state index in [9.17, 15) is 10.2 Å². The number of ether oxygens (including phenoxy) is 2. The van der Waals surface area contributed by atoms with Crippen molar-refractivity contribution in [3.63, 3.8) is 0 Å². The van der Waals surface area contributed by atoms with Gasteiger partial charge >= 0.3 is 0 Å². The minimum Gasteiger partial charge on any atom is -0.497 e. The molecule has 0 bridgehead atoms. The first kappa shape index (κ1) is 13.4. The van der Waals surface area contributed by atoms with Crippen molar-refractivity contribution in [1.29, 1.82) is 0 Å². The first-order valence-corrected chi connectivity index (χ1v) is 5.81. The van der Waals surface area contributed by atoms with Crippen LogP contribution in [0.4, 0.5) is 0 Å². The fourth-order valence-corrected chi connectivity index (χ4v) is 1.81. The van der Waals surface area contributed by atoms with Crippen LogP contribution in [-0.2, 0) is 5.79 Å². The van der Waals surface area contributed by atoms with Crippen LogP contribution in [0.2, 0.25) is 0 Å². The van der Waals surface area contributed by atoms with Gasteiger partial charge in [-0.25, -0.2) is 0 Å². The molecule has 2 aromatic carbocycles. The quantitative estimate of drug-likeness (QED) is 0.824. The summed E-state index contributed by atoms with van der Waals surface area (Å²) < 4.78 is 10.1. The lowest BCUT2D eigenvalue weighted by atomic mass is 9.97. The summed E-state index contributed by atoms with van der Waals surface area (Å²) in [7, 11) is 3.12. The summed E-state index contributed by atoms with van der Waals surface area (Å²) in [5.41, 5.74) is 0.747. The summed E-state index contributed by atoms with van der Waals surface area (Å²) in [5.74, 6) is -0.720. The zero-order chi connectivity index (χ0) is 13.9. The third-order valence-electron chi connectivity index (χ3n) is 2.99. The third-order valence-corrected chi connectivity index (χ3v) is 2.99. The van der Waals surface area contributed by atoms with Crippen molar-refractivity contribution in [3.8, 4) is 11.5 Å². The molecule has 100 valence electrons. The zero-order valence-corrected chi connectivity index (χ0v) is 10.8. The van der Waals surface area contributed by atoms with Crippen LogP contribution in [0.5, 0.6) is 11.5 Å². The van der Waals surface area contributed by atoms with Gasteiger partial charge in [-0.3, -0.25) is 0 Å². The fourth-order valence-electron chi connectivity index (χ4n) is 1.81. The lowest BCUT2D eigenvalue weighted by Crippen LogP contribution is -2.26. The number of benzene rings is 2. The molecule has 0 unspecified atom stereocenters. The summed E-state index contributed by atoms with van der Waals surface area (Å²) >= 11 is 0. The molecule has 0 amide bonds. The highest BCUT2D eigenvalue weighted by atomic mass is 16.5. The lowest BCUT2D eigenvalue weighted by Gasteiger charge is -2.23. The first-order valence-electron chi connectivity index (χ1n) is 5.81. The SMILES string of the molecule is COc1ccc(C(O)(O)c2ccc(OC)cc2)cc1. The molecule has 0 aliphatic rings. The van der Waals surface area contributed by atoms with Gasteiger partial charge in [0.05, 0.1) is 14.2 Å². The maximum Gasteiger partial charge on any atom is 0.217 e. The Balaban J connectivity index is 2.33. The fraction of sp³-hybridized carbons (Fsp3) is 0.200. The maximum atomic E-state index is 10.3. The molecule has 2 aromatic rings. The van der Waals surface area contributed by atoms with Crippen molar-refractivity contribution >= 4 is 0 Å². The minimum absolute atomic E-state index is 0.374. The molecule has 0 aliphatic heterocycles. The van der Waals surface area contributed by atoms with Crippen molar-refractivity contribution in [2.75, 3.05) is 14.2 Å². The van der Waals surface area contributed by atoms with E-state index in [2.05, 4.69) is 0 Å². The van der Waals surface area contributed by atoms with Crippen LogP contribution in [0.3, 0.4) is 0 Å². The van der Waals surface area contributed by atoms with Gasteiger partial charge in [0.15, 0.2) is 0 Å². The van der Waals surface area contributed by atoms with Gasteiger partial charge in [0, 0.05) is 11.1 Å². The van der Waals surface area contributed by atoms with Gasteiger partial charge in [-0.1, -0.05) is 0 Å². The average Bonchev–Trinajstić information content (AvgIpc) is 2.47. The van der Waals surface area contributed by atoms with Crippen LogP contribution in [0.1, 0.15) is 11.1 Å². The molecule has 0 fully saturated rings. The molecule has 2 N–H and O–H groups in total. The number of rotatable bonds is 4. The van der Waals surface area contributed by atoms with Gasteiger partial charge in [0.1, 0.15) is 11.5 Å².